The fourth-order valence-corrected chi connectivity index (χ4v) is 4.61. The summed E-state index contributed by atoms with van der Waals surface area (Å²) in [5.74, 6) is -2.78. The lowest BCUT2D eigenvalue weighted by Crippen LogP contribution is -2.50. The van der Waals surface area contributed by atoms with Gasteiger partial charge in [-0.15, -0.1) is 0 Å². The average Bonchev–Trinajstić information content (AvgIpc) is 3.05. The largest absolute Gasteiger partial charge is 0.273 e. The minimum absolute atomic E-state index is 0.0994. The van der Waals surface area contributed by atoms with Gasteiger partial charge < -0.3 is 0 Å². The highest BCUT2D eigenvalue weighted by Gasteiger charge is 2.53. The van der Waals surface area contributed by atoms with Gasteiger partial charge in [-0.3, -0.25) is 24.5 Å². The molecule has 0 bridgehead atoms. The number of rotatable bonds is 5. The first kappa shape index (κ1) is 22.9. The molecule has 0 aromatic heterocycles. The molecule has 2 aromatic carbocycles. The van der Waals surface area contributed by atoms with Crippen molar-refractivity contribution in [2.24, 2.45) is 17.8 Å². The zero-order valence-electron chi connectivity index (χ0n) is 17.5. The number of nitro benzene ring substituents is 1. The minimum Gasteiger partial charge on any atom is -0.272 e. The third kappa shape index (κ3) is 4.24. The first-order valence-electron chi connectivity index (χ1n) is 10.2. The Hall–Kier alpha value is -3.23. The second-order valence-corrected chi connectivity index (χ2v) is 8.87. The number of hydrogen-bond acceptors (Lipinski definition) is 5. The number of non-ortho nitro benzene ring substituents is 1. The second kappa shape index (κ2) is 8.96. The van der Waals surface area contributed by atoms with Crippen molar-refractivity contribution in [2.45, 2.75) is 19.9 Å². The second-order valence-electron chi connectivity index (χ2n) is 8.06. The summed E-state index contributed by atoms with van der Waals surface area (Å²) in [7, 11) is 0. The molecule has 170 valence electrons. The molecule has 8 nitrogen and oxygen atoms in total. The smallest absolute Gasteiger partial charge is 0.272 e. The van der Waals surface area contributed by atoms with Crippen LogP contribution in [0.1, 0.15) is 29.3 Å². The van der Waals surface area contributed by atoms with Gasteiger partial charge >= 0.3 is 0 Å². The minimum atomic E-state index is -0.642. The number of amides is 3. The molecular weight excluding hydrogens is 469 g/mol. The monoisotopic (exact) mass is 487 g/mol. The van der Waals surface area contributed by atoms with E-state index in [2.05, 4.69) is 0 Å². The zero-order chi connectivity index (χ0) is 23.9. The number of imide groups is 1. The number of nitrogens with zero attached hydrogens (tertiary/aromatic N) is 3. The van der Waals surface area contributed by atoms with Crippen LogP contribution in [-0.4, -0.2) is 32.7 Å². The standard InChI is InChI=1S/C23H19Cl2N3O5/c1-13-3-2-4-17-20(13)23(31)27(22(17)30)26(12-14-5-10-18(24)19(25)11-14)21(29)15-6-8-16(9-7-15)28(32)33/h2-3,5-11,13,17,20H,4,12H2,1H3/t13-,17-,20-/m1/s1. The number of carbonyl (C=O) groups is 3. The third-order valence-electron chi connectivity index (χ3n) is 5.97. The van der Waals surface area contributed by atoms with Crippen molar-refractivity contribution < 1.29 is 19.3 Å². The SMILES string of the molecule is C[C@@H]1C=CC[C@H]2C(=O)N(N(Cc3ccc(Cl)c(Cl)c3)C(=O)c3ccc([N+](=O)[O-])cc3)C(=O)[C@H]12. The van der Waals surface area contributed by atoms with Crippen LogP contribution in [0.15, 0.2) is 54.6 Å². The molecule has 4 rings (SSSR count). The highest BCUT2D eigenvalue weighted by Crippen LogP contribution is 2.39. The van der Waals surface area contributed by atoms with Crippen LogP contribution in [0.5, 0.6) is 0 Å². The van der Waals surface area contributed by atoms with E-state index >= 15 is 0 Å². The van der Waals surface area contributed by atoms with E-state index in [0.29, 0.717) is 17.0 Å². The molecule has 0 N–H and O–H groups in total. The molecular formula is C23H19Cl2N3O5. The van der Waals surface area contributed by atoms with Crippen LogP contribution in [0, 0.1) is 27.9 Å². The number of hydrazine groups is 1. The van der Waals surface area contributed by atoms with Gasteiger partial charge in [0.05, 0.1) is 33.3 Å². The average molecular weight is 488 g/mol. The predicted octanol–water partition coefficient (Wildman–Crippen LogP) is 4.66. The third-order valence-corrected chi connectivity index (χ3v) is 6.71. The molecule has 33 heavy (non-hydrogen) atoms. The number of allylic oxidation sites excluding steroid dienone is 2. The number of carbonyl (C=O) groups excluding carboxylic acids is 3. The van der Waals surface area contributed by atoms with E-state index in [1.54, 1.807) is 18.2 Å². The van der Waals surface area contributed by atoms with Crippen LogP contribution in [0.2, 0.25) is 10.0 Å². The number of hydrogen-bond donors (Lipinski definition) is 0. The Bertz CT molecular complexity index is 1180. The molecule has 0 spiro atoms. The van der Waals surface area contributed by atoms with Gasteiger partial charge in [-0.25, -0.2) is 5.01 Å². The van der Waals surface area contributed by atoms with Crippen LogP contribution >= 0.6 is 23.2 Å². The van der Waals surface area contributed by atoms with Gasteiger partial charge in [0.2, 0.25) is 0 Å². The van der Waals surface area contributed by atoms with Gasteiger partial charge in [-0.05, 0) is 42.2 Å². The lowest BCUT2D eigenvalue weighted by atomic mass is 9.78. The first-order chi connectivity index (χ1) is 15.7. The van der Waals surface area contributed by atoms with E-state index in [1.165, 1.54) is 24.3 Å². The molecule has 0 unspecified atom stereocenters. The maximum atomic E-state index is 13.5. The first-order valence-corrected chi connectivity index (χ1v) is 11.0. The normalized spacial score (nSPS) is 21.8. The fourth-order valence-electron chi connectivity index (χ4n) is 4.29. The summed E-state index contributed by atoms with van der Waals surface area (Å²) in [5.41, 5.74) is 0.477. The van der Waals surface area contributed by atoms with Gasteiger partial charge in [0, 0.05) is 17.7 Å². The van der Waals surface area contributed by atoms with Gasteiger partial charge in [0.15, 0.2) is 0 Å². The van der Waals surface area contributed by atoms with Crippen molar-refractivity contribution in [1.29, 1.82) is 0 Å². The fraction of sp³-hybridized carbons (Fsp3) is 0.261. The molecule has 3 amide bonds. The summed E-state index contributed by atoms with van der Waals surface area (Å²) in [6.07, 6.45) is 4.20. The maximum absolute atomic E-state index is 13.5. The molecule has 0 radical (unpaired) electrons. The maximum Gasteiger partial charge on any atom is 0.273 e. The zero-order valence-corrected chi connectivity index (χ0v) is 19.0. The lowest BCUT2D eigenvalue weighted by molar-refractivity contribution is -0.384. The van der Waals surface area contributed by atoms with Crippen LogP contribution in [0.25, 0.3) is 0 Å². The van der Waals surface area contributed by atoms with Crippen molar-refractivity contribution in [1.82, 2.24) is 10.0 Å². The summed E-state index contributed by atoms with van der Waals surface area (Å²) in [6.45, 7) is 1.74. The summed E-state index contributed by atoms with van der Waals surface area (Å²) in [6, 6.07) is 9.76. The highest BCUT2D eigenvalue weighted by atomic mass is 35.5. The molecule has 1 fully saturated rings. The van der Waals surface area contributed by atoms with Gasteiger partial charge in [-0.2, -0.15) is 5.01 Å². The molecule has 1 aliphatic heterocycles. The topological polar surface area (TPSA) is 101 Å². The molecule has 3 atom stereocenters. The summed E-state index contributed by atoms with van der Waals surface area (Å²) in [4.78, 5) is 50.5. The van der Waals surface area contributed by atoms with Crippen LogP contribution in [0.3, 0.4) is 0 Å². The Morgan fingerprint density at radius 1 is 1.12 bits per heavy atom. The van der Waals surface area contributed by atoms with E-state index in [0.717, 1.165) is 10.0 Å². The molecule has 2 aliphatic rings. The van der Waals surface area contributed by atoms with Crippen molar-refractivity contribution in [3.63, 3.8) is 0 Å². The molecule has 0 saturated carbocycles. The summed E-state index contributed by atoms with van der Waals surface area (Å²) >= 11 is 12.1. The Balaban J connectivity index is 1.73. The van der Waals surface area contributed by atoms with E-state index in [-0.39, 0.29) is 28.7 Å². The van der Waals surface area contributed by atoms with Crippen molar-refractivity contribution in [2.75, 3.05) is 0 Å². The Labute approximate surface area is 199 Å². The molecule has 10 heteroatoms. The van der Waals surface area contributed by atoms with E-state index in [9.17, 15) is 24.5 Å². The van der Waals surface area contributed by atoms with Gasteiger partial charge in [-0.1, -0.05) is 48.3 Å². The quantitative estimate of drug-likeness (QED) is 0.264. The number of fused-ring (bicyclic) bond motifs is 1. The van der Waals surface area contributed by atoms with Crippen LogP contribution in [0.4, 0.5) is 5.69 Å². The van der Waals surface area contributed by atoms with E-state index < -0.39 is 34.5 Å². The Morgan fingerprint density at radius 3 is 2.42 bits per heavy atom. The number of benzene rings is 2. The Morgan fingerprint density at radius 2 is 1.82 bits per heavy atom. The molecule has 1 aliphatic carbocycles. The molecule has 2 aromatic rings. The van der Waals surface area contributed by atoms with E-state index in [1.807, 2.05) is 19.1 Å². The number of nitro groups is 1. The molecule has 1 saturated heterocycles. The van der Waals surface area contributed by atoms with Crippen molar-refractivity contribution in [3.05, 3.63) is 85.9 Å². The lowest BCUT2D eigenvalue weighted by Gasteiger charge is -2.31. The predicted molar refractivity (Wildman–Crippen MR) is 121 cm³/mol. The summed E-state index contributed by atoms with van der Waals surface area (Å²) < 4.78 is 0. The summed E-state index contributed by atoms with van der Waals surface area (Å²) in [5, 5.41) is 13.6. The molecule has 1 heterocycles. The number of halogens is 2. The van der Waals surface area contributed by atoms with Gasteiger partial charge in [0.25, 0.3) is 23.4 Å². The van der Waals surface area contributed by atoms with Crippen LogP contribution in [-0.2, 0) is 16.1 Å². The highest BCUT2D eigenvalue weighted by molar-refractivity contribution is 6.42. The van der Waals surface area contributed by atoms with Crippen molar-refractivity contribution >= 4 is 46.6 Å². The van der Waals surface area contributed by atoms with Crippen LogP contribution < -0.4 is 0 Å². The van der Waals surface area contributed by atoms with Crippen molar-refractivity contribution in [3.8, 4) is 0 Å². The Kier molecular flexibility index (Phi) is 6.23. The van der Waals surface area contributed by atoms with E-state index in [4.69, 9.17) is 23.2 Å². The van der Waals surface area contributed by atoms with Gasteiger partial charge in [0.1, 0.15) is 0 Å².